The number of amides is 2. The molecule has 0 saturated heterocycles. The number of carbonyl (C=O) groups excluding carboxylic acids is 2. The number of hydrogen-bond acceptors (Lipinski definition) is 7. The second-order valence-corrected chi connectivity index (χ2v) is 6.57. The zero-order chi connectivity index (χ0) is 23.5. The molecule has 0 aliphatic rings. The Balaban J connectivity index is 1.49. The molecule has 170 valence electrons. The summed E-state index contributed by atoms with van der Waals surface area (Å²) in [4.78, 5) is 24.3. The monoisotopic (exact) mass is 448 g/mol. The Morgan fingerprint density at radius 3 is 1.48 bits per heavy atom. The number of furan rings is 1. The molecule has 3 rings (SSSR count). The van der Waals surface area contributed by atoms with Gasteiger partial charge in [-0.25, -0.2) is 10.9 Å². The highest BCUT2D eigenvalue weighted by atomic mass is 16.5. The van der Waals surface area contributed by atoms with Crippen molar-refractivity contribution in [1.29, 1.82) is 0 Å². The Labute approximate surface area is 191 Å². The van der Waals surface area contributed by atoms with Crippen molar-refractivity contribution in [1.82, 2.24) is 10.9 Å². The Morgan fingerprint density at radius 2 is 1.12 bits per heavy atom. The maximum Gasteiger partial charge on any atom is 0.307 e. The number of carbonyl (C=O) groups is 2. The molecule has 0 saturated carbocycles. The van der Waals surface area contributed by atoms with Crippen molar-refractivity contribution >= 4 is 24.2 Å². The van der Waals surface area contributed by atoms with Gasteiger partial charge in [-0.15, -0.1) is 0 Å². The maximum atomic E-state index is 12.2. The molecule has 3 aromatic rings. The van der Waals surface area contributed by atoms with Gasteiger partial charge in [0.15, 0.2) is 11.5 Å². The molecule has 2 amide bonds. The van der Waals surface area contributed by atoms with Gasteiger partial charge in [0.2, 0.25) is 0 Å². The summed E-state index contributed by atoms with van der Waals surface area (Å²) in [6, 6.07) is 17.2. The summed E-state index contributed by atoms with van der Waals surface area (Å²) in [7, 11) is 0. The van der Waals surface area contributed by atoms with Gasteiger partial charge in [0, 0.05) is 0 Å². The first-order valence-electron chi connectivity index (χ1n) is 10.3. The Morgan fingerprint density at radius 1 is 0.727 bits per heavy atom. The van der Waals surface area contributed by atoms with E-state index in [0.717, 1.165) is 22.6 Å². The number of ether oxygens (including phenoxy) is 2. The first-order chi connectivity index (χ1) is 16.1. The number of nitrogens with zero attached hydrogens (tertiary/aromatic N) is 2. The smallest absolute Gasteiger partial charge is 0.307 e. The summed E-state index contributed by atoms with van der Waals surface area (Å²) in [5, 5.41) is 7.78. The van der Waals surface area contributed by atoms with Crippen LogP contribution in [0.4, 0.5) is 0 Å². The van der Waals surface area contributed by atoms with Crippen LogP contribution in [0.25, 0.3) is 0 Å². The minimum absolute atomic E-state index is 0.0560. The number of hydrazone groups is 2. The van der Waals surface area contributed by atoms with Crippen LogP contribution >= 0.6 is 0 Å². The van der Waals surface area contributed by atoms with E-state index in [4.69, 9.17) is 13.9 Å². The molecule has 0 spiro atoms. The number of benzene rings is 2. The fourth-order valence-electron chi connectivity index (χ4n) is 2.66. The Hall–Kier alpha value is -4.40. The lowest BCUT2D eigenvalue weighted by molar-refractivity contribution is 0.0902. The van der Waals surface area contributed by atoms with Gasteiger partial charge < -0.3 is 13.9 Å². The average Bonchev–Trinajstić information content (AvgIpc) is 3.32. The van der Waals surface area contributed by atoms with Gasteiger partial charge in [-0.05, 0) is 85.6 Å². The third-order valence-electron chi connectivity index (χ3n) is 4.20. The molecule has 2 N–H and O–H groups in total. The molecule has 0 aliphatic heterocycles. The predicted molar refractivity (Wildman–Crippen MR) is 124 cm³/mol. The van der Waals surface area contributed by atoms with Crippen LogP contribution in [0, 0.1) is 0 Å². The molecule has 0 radical (unpaired) electrons. The average molecular weight is 448 g/mol. The summed E-state index contributed by atoms with van der Waals surface area (Å²) >= 11 is 0. The van der Waals surface area contributed by atoms with Crippen molar-refractivity contribution < 1.29 is 23.5 Å². The molecule has 0 fully saturated rings. The van der Waals surface area contributed by atoms with E-state index < -0.39 is 11.8 Å². The van der Waals surface area contributed by atoms with E-state index >= 15 is 0 Å². The standard InChI is InChI=1S/C24H24N4O5/c1-3-31-19-9-5-17(6-10-19)15-25-27-23(29)21-13-14-22(33-21)24(30)28-26-16-18-7-11-20(12-8-18)32-4-2/h5-16H,3-4H2,1-2H3,(H,27,29)(H,28,30)/b25-15+,26-16+. The number of nitrogens with one attached hydrogen (secondary N) is 2. The van der Waals surface area contributed by atoms with Crippen molar-refractivity contribution in [2.24, 2.45) is 10.2 Å². The van der Waals surface area contributed by atoms with Gasteiger partial charge in [0.1, 0.15) is 11.5 Å². The summed E-state index contributed by atoms with van der Waals surface area (Å²) < 4.78 is 16.0. The van der Waals surface area contributed by atoms with Crippen LogP contribution in [0.1, 0.15) is 46.1 Å². The van der Waals surface area contributed by atoms with Gasteiger partial charge in [-0.1, -0.05) is 0 Å². The number of hydrogen-bond donors (Lipinski definition) is 2. The molecule has 0 unspecified atom stereocenters. The lowest BCUT2D eigenvalue weighted by Crippen LogP contribution is -2.18. The maximum absolute atomic E-state index is 12.2. The van der Waals surface area contributed by atoms with Crippen LogP contribution in [0.2, 0.25) is 0 Å². The van der Waals surface area contributed by atoms with E-state index in [2.05, 4.69) is 21.1 Å². The Kier molecular flexibility index (Phi) is 8.35. The SMILES string of the molecule is CCOc1ccc(/C=N/NC(=O)c2ccc(C(=O)N/N=C/c3ccc(OCC)cc3)o2)cc1. The zero-order valence-corrected chi connectivity index (χ0v) is 18.3. The van der Waals surface area contributed by atoms with Crippen LogP contribution in [0.15, 0.2) is 75.3 Å². The molecule has 9 nitrogen and oxygen atoms in total. The fourth-order valence-corrected chi connectivity index (χ4v) is 2.66. The molecule has 9 heteroatoms. The highest BCUT2D eigenvalue weighted by Gasteiger charge is 2.15. The van der Waals surface area contributed by atoms with Crippen molar-refractivity contribution in [3.05, 3.63) is 83.3 Å². The molecular weight excluding hydrogens is 424 g/mol. The highest BCUT2D eigenvalue weighted by molar-refractivity contribution is 5.96. The predicted octanol–water partition coefficient (Wildman–Crippen LogP) is 3.60. The van der Waals surface area contributed by atoms with Gasteiger partial charge in [-0.3, -0.25) is 9.59 Å². The topological polar surface area (TPSA) is 115 Å². The highest BCUT2D eigenvalue weighted by Crippen LogP contribution is 2.12. The summed E-state index contributed by atoms with van der Waals surface area (Å²) in [5.74, 6) is 0.218. The van der Waals surface area contributed by atoms with Crippen LogP contribution in [-0.2, 0) is 0 Å². The van der Waals surface area contributed by atoms with E-state index in [9.17, 15) is 9.59 Å². The summed E-state index contributed by atoms with van der Waals surface area (Å²) in [5.41, 5.74) is 6.27. The quantitative estimate of drug-likeness (QED) is 0.363. The van der Waals surface area contributed by atoms with Gasteiger partial charge in [0.05, 0.1) is 25.6 Å². The first-order valence-corrected chi connectivity index (χ1v) is 10.3. The van der Waals surface area contributed by atoms with Crippen molar-refractivity contribution in [2.75, 3.05) is 13.2 Å². The lowest BCUT2D eigenvalue weighted by atomic mass is 10.2. The van der Waals surface area contributed by atoms with E-state index in [0.29, 0.717) is 13.2 Å². The molecule has 0 atom stereocenters. The Bertz CT molecular complexity index is 1030. The van der Waals surface area contributed by atoms with E-state index in [-0.39, 0.29) is 11.5 Å². The first kappa shape index (κ1) is 23.3. The van der Waals surface area contributed by atoms with Crippen LogP contribution in [0.3, 0.4) is 0 Å². The largest absolute Gasteiger partial charge is 0.494 e. The van der Waals surface area contributed by atoms with E-state index in [1.165, 1.54) is 24.6 Å². The third-order valence-corrected chi connectivity index (χ3v) is 4.20. The summed E-state index contributed by atoms with van der Waals surface area (Å²) in [6.07, 6.45) is 2.97. The second kappa shape index (κ2) is 11.8. The molecule has 33 heavy (non-hydrogen) atoms. The van der Waals surface area contributed by atoms with Crippen LogP contribution in [0.5, 0.6) is 11.5 Å². The minimum Gasteiger partial charge on any atom is -0.494 e. The van der Waals surface area contributed by atoms with Crippen molar-refractivity contribution in [3.63, 3.8) is 0 Å². The molecule has 0 bridgehead atoms. The van der Waals surface area contributed by atoms with Gasteiger partial charge in [-0.2, -0.15) is 10.2 Å². The fraction of sp³-hybridized carbons (Fsp3) is 0.167. The van der Waals surface area contributed by atoms with Crippen molar-refractivity contribution in [3.8, 4) is 11.5 Å². The zero-order valence-electron chi connectivity index (χ0n) is 18.3. The summed E-state index contributed by atoms with van der Waals surface area (Å²) in [6.45, 7) is 4.99. The minimum atomic E-state index is -0.589. The number of rotatable bonds is 10. The third kappa shape index (κ3) is 7.06. The molecule has 0 aliphatic carbocycles. The van der Waals surface area contributed by atoms with Crippen LogP contribution in [-0.4, -0.2) is 37.5 Å². The molecule has 1 heterocycles. The van der Waals surface area contributed by atoms with Crippen LogP contribution < -0.4 is 20.3 Å². The van der Waals surface area contributed by atoms with Gasteiger partial charge >= 0.3 is 11.8 Å². The van der Waals surface area contributed by atoms with Gasteiger partial charge in [0.25, 0.3) is 0 Å². The molecule has 2 aromatic carbocycles. The normalized spacial score (nSPS) is 11.0. The second-order valence-electron chi connectivity index (χ2n) is 6.57. The lowest BCUT2D eigenvalue weighted by Gasteiger charge is -2.02. The molecule has 1 aromatic heterocycles. The molecular formula is C24H24N4O5. The van der Waals surface area contributed by atoms with E-state index in [1.54, 1.807) is 0 Å². The van der Waals surface area contributed by atoms with Crippen molar-refractivity contribution in [2.45, 2.75) is 13.8 Å². The van der Waals surface area contributed by atoms with E-state index in [1.807, 2.05) is 62.4 Å².